The Labute approximate surface area is 195 Å². The van der Waals surface area contributed by atoms with Crippen molar-refractivity contribution in [2.45, 2.75) is 19.3 Å². The van der Waals surface area contributed by atoms with Crippen molar-refractivity contribution in [2.75, 3.05) is 33.3 Å². The topological polar surface area (TPSA) is 80.0 Å². The van der Waals surface area contributed by atoms with Gasteiger partial charge in [0.15, 0.2) is 5.96 Å². The summed E-state index contributed by atoms with van der Waals surface area (Å²) in [6.45, 7) is 2.92. The number of aliphatic imine (C=N–C) groups is 1. The Bertz CT molecular complexity index is 829. The highest BCUT2D eigenvalue weighted by Gasteiger charge is 2.23. The number of piperidine rings is 1. The van der Waals surface area contributed by atoms with Crippen LogP contribution in [0.25, 0.3) is 11.1 Å². The monoisotopic (exact) mass is 522 g/mol. The second-order valence-corrected chi connectivity index (χ2v) is 7.31. The maximum Gasteiger partial charge on any atom is 0.217 e. The Kier molecular flexibility index (Phi) is 9.93. The molecule has 1 atom stereocenters. The molecule has 1 saturated heterocycles. The fourth-order valence-electron chi connectivity index (χ4n) is 3.81. The van der Waals surface area contributed by atoms with Gasteiger partial charge in [-0.3, -0.25) is 9.79 Å². The number of benzene rings is 2. The molecule has 0 radical (unpaired) electrons. The van der Waals surface area contributed by atoms with Crippen molar-refractivity contribution in [1.82, 2.24) is 10.2 Å². The molecule has 1 unspecified atom stereocenters. The van der Waals surface area contributed by atoms with Gasteiger partial charge in [-0.15, -0.1) is 24.0 Å². The largest absolute Gasteiger partial charge is 0.491 e. The summed E-state index contributed by atoms with van der Waals surface area (Å²) in [5, 5.41) is 3.38. The first-order valence-corrected chi connectivity index (χ1v) is 10.2. The molecule has 3 rings (SSSR count). The van der Waals surface area contributed by atoms with E-state index in [1.165, 1.54) is 0 Å². The predicted molar refractivity (Wildman–Crippen MR) is 132 cm³/mol. The van der Waals surface area contributed by atoms with Gasteiger partial charge in [-0.1, -0.05) is 48.5 Å². The highest BCUT2D eigenvalue weighted by Crippen LogP contribution is 2.29. The summed E-state index contributed by atoms with van der Waals surface area (Å²) in [5.41, 5.74) is 7.59. The number of nitrogens with two attached hydrogens (primary N) is 1. The highest BCUT2D eigenvalue weighted by atomic mass is 127. The molecule has 1 heterocycles. The molecule has 1 fully saturated rings. The minimum absolute atomic E-state index is 0. The number of likely N-dealkylation sites (tertiary alicyclic amines) is 1. The first kappa shape index (κ1) is 24.0. The normalized spacial score (nSPS) is 16.5. The molecule has 0 saturated carbocycles. The van der Waals surface area contributed by atoms with Gasteiger partial charge in [0, 0.05) is 32.1 Å². The van der Waals surface area contributed by atoms with Crippen LogP contribution >= 0.6 is 24.0 Å². The molecular weight excluding hydrogens is 491 g/mol. The number of ether oxygens (including phenoxy) is 1. The van der Waals surface area contributed by atoms with E-state index >= 15 is 0 Å². The number of carbonyl (C=O) groups excluding carboxylic acids is 1. The first-order chi connectivity index (χ1) is 14.2. The van der Waals surface area contributed by atoms with Gasteiger partial charge in [0.25, 0.3) is 0 Å². The first-order valence-electron chi connectivity index (χ1n) is 10.2. The molecule has 0 bridgehead atoms. The summed E-state index contributed by atoms with van der Waals surface area (Å²) in [4.78, 5) is 17.8. The number of para-hydroxylation sites is 1. The number of nitrogens with zero attached hydrogens (tertiary/aromatic N) is 2. The van der Waals surface area contributed by atoms with Crippen LogP contribution in [-0.4, -0.2) is 50.1 Å². The Morgan fingerprint density at radius 2 is 1.93 bits per heavy atom. The van der Waals surface area contributed by atoms with E-state index in [1.54, 1.807) is 7.05 Å². The molecule has 7 heteroatoms. The number of nitrogens with one attached hydrogen (secondary N) is 1. The lowest BCUT2D eigenvalue weighted by Crippen LogP contribution is -2.48. The molecule has 0 aliphatic carbocycles. The smallest absolute Gasteiger partial charge is 0.217 e. The van der Waals surface area contributed by atoms with E-state index in [0.29, 0.717) is 25.5 Å². The van der Waals surface area contributed by atoms with Crippen molar-refractivity contribution in [3.05, 3.63) is 54.6 Å². The van der Waals surface area contributed by atoms with E-state index in [0.717, 1.165) is 48.8 Å². The van der Waals surface area contributed by atoms with Crippen LogP contribution in [0.2, 0.25) is 0 Å². The third-order valence-electron chi connectivity index (χ3n) is 5.13. The van der Waals surface area contributed by atoms with Gasteiger partial charge >= 0.3 is 0 Å². The lowest BCUT2D eigenvalue weighted by molar-refractivity contribution is -0.119. The van der Waals surface area contributed by atoms with E-state index in [4.69, 9.17) is 10.5 Å². The quantitative estimate of drug-likeness (QED) is 0.253. The van der Waals surface area contributed by atoms with Gasteiger partial charge in [0.05, 0.1) is 6.54 Å². The second kappa shape index (κ2) is 12.4. The van der Waals surface area contributed by atoms with Gasteiger partial charge in [0.2, 0.25) is 5.91 Å². The number of hydrogen-bond acceptors (Lipinski definition) is 3. The molecule has 2 aromatic carbocycles. The molecule has 0 aromatic heterocycles. The maximum absolute atomic E-state index is 11.2. The minimum Gasteiger partial charge on any atom is -0.491 e. The van der Waals surface area contributed by atoms with Crippen molar-refractivity contribution in [3.63, 3.8) is 0 Å². The average molecular weight is 522 g/mol. The Morgan fingerprint density at radius 1 is 1.20 bits per heavy atom. The van der Waals surface area contributed by atoms with Gasteiger partial charge in [-0.05, 0) is 30.4 Å². The van der Waals surface area contributed by atoms with Crippen molar-refractivity contribution in [3.8, 4) is 16.9 Å². The van der Waals surface area contributed by atoms with Crippen LogP contribution in [0.5, 0.6) is 5.75 Å². The van der Waals surface area contributed by atoms with Crippen molar-refractivity contribution in [2.24, 2.45) is 16.6 Å². The minimum atomic E-state index is -0.231. The van der Waals surface area contributed by atoms with Gasteiger partial charge in [-0.2, -0.15) is 0 Å². The molecule has 2 aromatic rings. The maximum atomic E-state index is 11.2. The van der Waals surface area contributed by atoms with Crippen LogP contribution in [-0.2, 0) is 4.79 Å². The molecule has 1 aliphatic rings. The summed E-state index contributed by atoms with van der Waals surface area (Å²) in [6.07, 6.45) is 2.52. The summed E-state index contributed by atoms with van der Waals surface area (Å²) in [6, 6.07) is 18.3. The Morgan fingerprint density at radius 3 is 2.67 bits per heavy atom. The van der Waals surface area contributed by atoms with E-state index < -0.39 is 0 Å². The van der Waals surface area contributed by atoms with E-state index in [-0.39, 0.29) is 29.9 Å². The van der Waals surface area contributed by atoms with Crippen LogP contribution in [0.15, 0.2) is 59.6 Å². The second-order valence-electron chi connectivity index (χ2n) is 7.31. The Hall–Kier alpha value is -2.29. The summed E-state index contributed by atoms with van der Waals surface area (Å²) < 4.78 is 6.05. The number of carbonyl (C=O) groups is 1. The SMILES string of the molecule is CN=C(NCCOc1ccccc1-c1ccccc1)N1CCCC(CC(N)=O)C1.I. The molecule has 1 amide bonds. The number of halogens is 1. The lowest BCUT2D eigenvalue weighted by Gasteiger charge is -2.34. The van der Waals surface area contributed by atoms with Gasteiger partial charge < -0.3 is 20.7 Å². The zero-order chi connectivity index (χ0) is 20.5. The number of guanidine groups is 1. The van der Waals surface area contributed by atoms with Gasteiger partial charge in [-0.25, -0.2) is 0 Å². The summed E-state index contributed by atoms with van der Waals surface area (Å²) in [5.74, 6) is 1.79. The predicted octanol–water partition coefficient (Wildman–Crippen LogP) is 3.51. The summed E-state index contributed by atoms with van der Waals surface area (Å²) >= 11 is 0. The van der Waals surface area contributed by atoms with Crippen molar-refractivity contribution in [1.29, 1.82) is 0 Å². The van der Waals surface area contributed by atoms with Crippen LogP contribution in [0.3, 0.4) is 0 Å². The third-order valence-corrected chi connectivity index (χ3v) is 5.13. The van der Waals surface area contributed by atoms with Gasteiger partial charge in [0.1, 0.15) is 12.4 Å². The fraction of sp³-hybridized carbons (Fsp3) is 0.391. The van der Waals surface area contributed by atoms with Crippen LogP contribution < -0.4 is 15.8 Å². The molecule has 0 spiro atoms. The molecule has 1 aliphatic heterocycles. The third kappa shape index (κ3) is 6.90. The fourth-order valence-corrected chi connectivity index (χ4v) is 3.81. The summed E-state index contributed by atoms with van der Waals surface area (Å²) in [7, 11) is 1.78. The van der Waals surface area contributed by atoms with E-state index in [2.05, 4.69) is 33.4 Å². The van der Waals surface area contributed by atoms with Crippen molar-refractivity contribution < 1.29 is 9.53 Å². The molecular formula is C23H31IN4O2. The number of rotatable bonds is 7. The zero-order valence-corrected chi connectivity index (χ0v) is 19.8. The van der Waals surface area contributed by atoms with Crippen LogP contribution in [0, 0.1) is 5.92 Å². The van der Waals surface area contributed by atoms with Crippen molar-refractivity contribution >= 4 is 35.8 Å². The van der Waals surface area contributed by atoms with Crippen LogP contribution in [0.1, 0.15) is 19.3 Å². The van der Waals surface area contributed by atoms with Crippen LogP contribution in [0.4, 0.5) is 0 Å². The molecule has 162 valence electrons. The Balaban J connectivity index is 0.00000320. The molecule has 6 nitrogen and oxygen atoms in total. The molecule has 30 heavy (non-hydrogen) atoms. The van der Waals surface area contributed by atoms with E-state index in [1.807, 2.05) is 36.4 Å². The van der Waals surface area contributed by atoms with E-state index in [9.17, 15) is 4.79 Å². The number of hydrogen-bond donors (Lipinski definition) is 2. The number of amides is 1. The zero-order valence-electron chi connectivity index (χ0n) is 17.4. The number of primary amides is 1. The molecule has 3 N–H and O–H groups in total. The highest BCUT2D eigenvalue weighted by molar-refractivity contribution is 14.0. The standard InChI is InChI=1S/C23H30N4O2.HI/c1-25-23(27-14-7-8-18(17-27)16-22(24)28)26-13-15-29-21-12-6-5-11-20(21)19-9-3-2-4-10-19;/h2-6,9-12,18H,7-8,13-17H2,1H3,(H2,24,28)(H,25,26);1H. The average Bonchev–Trinajstić information content (AvgIpc) is 2.74. The lowest BCUT2D eigenvalue weighted by atomic mass is 9.95.